The highest BCUT2D eigenvalue weighted by atomic mass is 32.2. The Balaban J connectivity index is 1.48. The van der Waals surface area contributed by atoms with Gasteiger partial charge in [-0.1, -0.05) is 48.0 Å². The number of aryl methyl sites for hydroxylation is 1. The van der Waals surface area contributed by atoms with Crippen LogP contribution in [-0.4, -0.2) is 5.11 Å². The number of nitrogens with one attached hydrogen (secondary N) is 2. The van der Waals surface area contributed by atoms with Gasteiger partial charge < -0.3 is 14.8 Å². The second-order valence-electron chi connectivity index (χ2n) is 5.76. The van der Waals surface area contributed by atoms with Crippen molar-refractivity contribution in [1.29, 1.82) is 0 Å². The Labute approximate surface area is 163 Å². The molecule has 0 saturated carbocycles. The van der Waals surface area contributed by atoms with E-state index in [1.54, 1.807) is 0 Å². The Morgan fingerprint density at radius 1 is 0.923 bits per heavy atom. The van der Waals surface area contributed by atoms with Crippen LogP contribution in [0.2, 0.25) is 0 Å². The Kier molecular flexibility index (Phi) is 6.52. The van der Waals surface area contributed by atoms with Crippen molar-refractivity contribution in [1.82, 2.24) is 10.0 Å². The SMILES string of the molecule is Cc1ccc(SNC(=S)NCc2cccc(Oc3ccccc3)c2)cc1. The lowest BCUT2D eigenvalue weighted by molar-refractivity contribution is 0.482. The van der Waals surface area contributed by atoms with E-state index in [1.165, 1.54) is 17.5 Å². The number of ether oxygens (including phenoxy) is 1. The third-order valence-corrected chi connectivity index (χ3v) is 4.80. The first kappa shape index (κ1) is 18.3. The maximum atomic E-state index is 5.86. The lowest BCUT2D eigenvalue weighted by atomic mass is 10.2. The molecular formula is C21H20N2OS2. The van der Waals surface area contributed by atoms with Crippen LogP contribution in [0.1, 0.15) is 11.1 Å². The molecule has 3 nitrogen and oxygen atoms in total. The molecule has 0 unspecified atom stereocenters. The number of hydrogen-bond acceptors (Lipinski definition) is 3. The standard InChI is InChI=1S/C21H20N2OS2/c1-16-10-12-20(13-11-16)26-23-21(25)22-15-17-6-5-9-19(14-17)24-18-7-3-2-4-8-18/h2-14H,15H2,1H3,(H2,22,23,25). The van der Waals surface area contributed by atoms with Crippen LogP contribution in [0.5, 0.6) is 11.5 Å². The van der Waals surface area contributed by atoms with Gasteiger partial charge in [0.1, 0.15) is 11.5 Å². The third-order valence-electron chi connectivity index (χ3n) is 3.61. The lowest BCUT2D eigenvalue weighted by Crippen LogP contribution is -2.30. The van der Waals surface area contributed by atoms with Crippen molar-refractivity contribution in [2.45, 2.75) is 18.4 Å². The molecule has 0 aliphatic heterocycles. The molecule has 5 heteroatoms. The number of thiocarbonyl (C=S) groups is 1. The van der Waals surface area contributed by atoms with Gasteiger partial charge in [-0.2, -0.15) is 0 Å². The zero-order valence-corrected chi connectivity index (χ0v) is 16.1. The third kappa shape index (κ3) is 5.79. The van der Waals surface area contributed by atoms with Crippen molar-refractivity contribution in [3.63, 3.8) is 0 Å². The number of para-hydroxylation sites is 1. The molecule has 3 aromatic rings. The minimum Gasteiger partial charge on any atom is -0.457 e. The molecule has 26 heavy (non-hydrogen) atoms. The predicted octanol–water partition coefficient (Wildman–Crippen LogP) is 5.46. The summed E-state index contributed by atoms with van der Waals surface area (Å²) in [4.78, 5) is 1.12. The van der Waals surface area contributed by atoms with E-state index < -0.39 is 0 Å². The fourth-order valence-corrected chi connectivity index (χ4v) is 3.03. The fraction of sp³-hybridized carbons (Fsp3) is 0.0952. The fourth-order valence-electron chi connectivity index (χ4n) is 2.27. The van der Waals surface area contributed by atoms with Crippen molar-refractivity contribution in [2.24, 2.45) is 0 Å². The maximum absolute atomic E-state index is 5.86. The number of rotatable bonds is 6. The first-order chi connectivity index (χ1) is 12.7. The Hall–Kier alpha value is -2.50. The Bertz CT molecular complexity index is 851. The minimum absolute atomic E-state index is 0.602. The zero-order chi connectivity index (χ0) is 18.2. The molecule has 0 spiro atoms. The van der Waals surface area contributed by atoms with Gasteiger partial charge in [0.25, 0.3) is 0 Å². The van der Waals surface area contributed by atoms with Crippen molar-refractivity contribution in [3.8, 4) is 11.5 Å². The molecule has 3 rings (SSSR count). The second kappa shape index (κ2) is 9.27. The van der Waals surface area contributed by atoms with E-state index in [4.69, 9.17) is 17.0 Å². The van der Waals surface area contributed by atoms with Crippen LogP contribution >= 0.6 is 24.2 Å². The summed E-state index contributed by atoms with van der Waals surface area (Å²) in [7, 11) is 0. The van der Waals surface area contributed by atoms with E-state index in [2.05, 4.69) is 41.2 Å². The van der Waals surface area contributed by atoms with Crippen LogP contribution in [0.3, 0.4) is 0 Å². The van der Waals surface area contributed by atoms with Crippen LogP contribution < -0.4 is 14.8 Å². The van der Waals surface area contributed by atoms with Gasteiger partial charge in [-0.3, -0.25) is 0 Å². The summed E-state index contributed by atoms with van der Waals surface area (Å²) in [6.07, 6.45) is 0. The van der Waals surface area contributed by atoms with Gasteiger partial charge in [-0.15, -0.1) is 0 Å². The largest absolute Gasteiger partial charge is 0.457 e. The molecule has 0 aliphatic carbocycles. The quantitative estimate of drug-likeness (QED) is 0.438. The smallest absolute Gasteiger partial charge is 0.176 e. The van der Waals surface area contributed by atoms with Crippen LogP contribution in [0.15, 0.2) is 83.8 Å². The van der Waals surface area contributed by atoms with Crippen molar-refractivity contribution < 1.29 is 4.74 Å². The second-order valence-corrected chi connectivity index (χ2v) is 7.05. The summed E-state index contributed by atoms with van der Waals surface area (Å²) in [5.41, 5.74) is 2.34. The number of hydrogen-bond donors (Lipinski definition) is 2. The highest BCUT2D eigenvalue weighted by Gasteiger charge is 2.01. The maximum Gasteiger partial charge on any atom is 0.176 e. The van der Waals surface area contributed by atoms with E-state index >= 15 is 0 Å². The van der Waals surface area contributed by atoms with Crippen LogP contribution in [0, 0.1) is 6.92 Å². The molecule has 0 atom stereocenters. The van der Waals surface area contributed by atoms with E-state index in [9.17, 15) is 0 Å². The van der Waals surface area contributed by atoms with Crippen LogP contribution in [0.25, 0.3) is 0 Å². The van der Waals surface area contributed by atoms with Gasteiger partial charge >= 0.3 is 0 Å². The molecule has 0 radical (unpaired) electrons. The van der Waals surface area contributed by atoms with Gasteiger partial charge in [0.2, 0.25) is 0 Å². The normalized spacial score (nSPS) is 10.2. The molecule has 0 heterocycles. The summed E-state index contributed by atoms with van der Waals surface area (Å²) in [5, 5.41) is 3.82. The minimum atomic E-state index is 0.602. The van der Waals surface area contributed by atoms with Crippen molar-refractivity contribution in [2.75, 3.05) is 0 Å². The molecular weight excluding hydrogens is 360 g/mol. The molecule has 0 saturated heterocycles. The van der Waals surface area contributed by atoms with Gasteiger partial charge in [0.05, 0.1) is 0 Å². The Morgan fingerprint density at radius 3 is 2.42 bits per heavy atom. The first-order valence-electron chi connectivity index (χ1n) is 8.28. The van der Waals surface area contributed by atoms with Crippen LogP contribution in [0.4, 0.5) is 0 Å². The van der Waals surface area contributed by atoms with Gasteiger partial charge in [-0.05, 0) is 73.1 Å². The highest BCUT2D eigenvalue weighted by molar-refractivity contribution is 7.99. The summed E-state index contributed by atoms with van der Waals surface area (Å²) in [6.45, 7) is 2.70. The van der Waals surface area contributed by atoms with Gasteiger partial charge in [-0.25, -0.2) is 0 Å². The van der Waals surface area contributed by atoms with Crippen molar-refractivity contribution >= 4 is 29.3 Å². The summed E-state index contributed by atoms with van der Waals surface area (Å²) < 4.78 is 9.01. The van der Waals surface area contributed by atoms with E-state index in [0.29, 0.717) is 11.7 Å². The summed E-state index contributed by atoms with van der Waals surface area (Å²) in [6, 6.07) is 26.0. The zero-order valence-electron chi connectivity index (χ0n) is 14.4. The summed E-state index contributed by atoms with van der Waals surface area (Å²) >= 11 is 6.84. The lowest BCUT2D eigenvalue weighted by Gasteiger charge is -2.11. The first-order valence-corrected chi connectivity index (χ1v) is 9.51. The van der Waals surface area contributed by atoms with Crippen LogP contribution in [-0.2, 0) is 6.54 Å². The highest BCUT2D eigenvalue weighted by Crippen LogP contribution is 2.21. The molecule has 0 aliphatic rings. The molecule has 0 fully saturated rings. The van der Waals surface area contributed by atoms with E-state index in [1.807, 2.05) is 54.6 Å². The van der Waals surface area contributed by atoms with Crippen molar-refractivity contribution in [3.05, 3.63) is 90.0 Å². The monoisotopic (exact) mass is 380 g/mol. The predicted molar refractivity (Wildman–Crippen MR) is 113 cm³/mol. The average molecular weight is 381 g/mol. The van der Waals surface area contributed by atoms with E-state index in [0.717, 1.165) is 22.0 Å². The van der Waals surface area contributed by atoms with Gasteiger partial charge in [0, 0.05) is 11.4 Å². The molecule has 2 N–H and O–H groups in total. The molecule has 132 valence electrons. The molecule has 0 aromatic heterocycles. The Morgan fingerprint density at radius 2 is 1.65 bits per heavy atom. The molecule has 3 aromatic carbocycles. The van der Waals surface area contributed by atoms with Gasteiger partial charge in [0.15, 0.2) is 5.11 Å². The number of benzene rings is 3. The molecule has 0 amide bonds. The summed E-state index contributed by atoms with van der Waals surface area (Å²) in [5.74, 6) is 1.63. The van der Waals surface area contributed by atoms with E-state index in [-0.39, 0.29) is 0 Å². The topological polar surface area (TPSA) is 33.3 Å². The average Bonchev–Trinajstić information content (AvgIpc) is 2.67. The molecule has 0 bridgehead atoms.